The van der Waals surface area contributed by atoms with Crippen molar-refractivity contribution in [1.82, 2.24) is 10.2 Å². The van der Waals surface area contributed by atoms with Crippen LogP contribution in [0.2, 0.25) is 0 Å². The van der Waals surface area contributed by atoms with Crippen LogP contribution in [-0.2, 0) is 4.79 Å². The summed E-state index contributed by atoms with van der Waals surface area (Å²) in [7, 11) is 0. The van der Waals surface area contributed by atoms with E-state index in [-0.39, 0.29) is 25.1 Å². The van der Waals surface area contributed by atoms with E-state index < -0.39 is 5.97 Å². The van der Waals surface area contributed by atoms with Crippen LogP contribution in [0.25, 0.3) is 0 Å². The molecule has 1 saturated heterocycles. The van der Waals surface area contributed by atoms with Gasteiger partial charge in [-0.1, -0.05) is 19.8 Å². The molecule has 1 heterocycles. The molecule has 1 fully saturated rings. The Morgan fingerprint density at radius 3 is 2.71 bits per heavy atom. The van der Waals surface area contributed by atoms with Crippen LogP contribution in [0.3, 0.4) is 0 Å². The summed E-state index contributed by atoms with van der Waals surface area (Å²) in [6, 6.07) is -0.163. The summed E-state index contributed by atoms with van der Waals surface area (Å²) < 4.78 is 0. The zero-order chi connectivity index (χ0) is 15.7. The second kappa shape index (κ2) is 9.60. The van der Waals surface area contributed by atoms with Crippen molar-refractivity contribution in [2.75, 3.05) is 19.7 Å². The molecule has 1 rings (SSSR count). The predicted octanol–water partition coefficient (Wildman–Crippen LogP) is 1.82. The minimum absolute atomic E-state index is 0.0183. The number of carbonyl (C=O) groups excluding carboxylic acids is 1. The van der Waals surface area contributed by atoms with Gasteiger partial charge in [0.25, 0.3) is 0 Å². The normalized spacial score (nSPS) is 19.5. The third-order valence-electron chi connectivity index (χ3n) is 4.14. The average molecular weight is 300 g/mol. The van der Waals surface area contributed by atoms with Crippen LogP contribution in [0.4, 0.5) is 4.79 Å². The lowest BCUT2D eigenvalue weighted by Crippen LogP contribution is -2.44. The fourth-order valence-corrected chi connectivity index (χ4v) is 2.95. The smallest absolute Gasteiger partial charge is 0.317 e. The number of hydrogen-bond donors (Lipinski definition) is 3. The predicted molar refractivity (Wildman–Crippen MR) is 80.1 cm³/mol. The maximum Gasteiger partial charge on any atom is 0.317 e. The van der Waals surface area contributed by atoms with Gasteiger partial charge in [0.15, 0.2) is 0 Å². The fraction of sp³-hybridized carbons (Fsp3) is 0.867. The van der Waals surface area contributed by atoms with Crippen molar-refractivity contribution in [3.8, 4) is 0 Å². The van der Waals surface area contributed by atoms with Gasteiger partial charge in [-0.15, -0.1) is 0 Å². The molecular weight excluding hydrogens is 272 g/mol. The first kappa shape index (κ1) is 17.8. The monoisotopic (exact) mass is 300 g/mol. The maximum atomic E-state index is 12.0. The van der Waals surface area contributed by atoms with Crippen molar-refractivity contribution in [1.29, 1.82) is 0 Å². The average Bonchev–Trinajstić information content (AvgIpc) is 2.93. The Balaban J connectivity index is 2.28. The summed E-state index contributed by atoms with van der Waals surface area (Å²) in [5.74, 6) is -0.415. The third-order valence-corrected chi connectivity index (χ3v) is 4.14. The first-order chi connectivity index (χ1) is 10.1. The highest BCUT2D eigenvalue weighted by Gasteiger charge is 2.27. The van der Waals surface area contributed by atoms with Crippen LogP contribution in [0, 0.1) is 5.92 Å². The van der Waals surface area contributed by atoms with E-state index in [0.29, 0.717) is 25.4 Å². The molecule has 0 radical (unpaired) electrons. The fourth-order valence-electron chi connectivity index (χ4n) is 2.95. The molecule has 6 heteroatoms. The van der Waals surface area contributed by atoms with Gasteiger partial charge in [0.05, 0.1) is 12.6 Å². The molecule has 0 bridgehead atoms. The van der Waals surface area contributed by atoms with Gasteiger partial charge in [-0.2, -0.15) is 0 Å². The molecule has 21 heavy (non-hydrogen) atoms. The number of rotatable bonds is 9. The van der Waals surface area contributed by atoms with E-state index in [1.165, 1.54) is 0 Å². The number of urea groups is 1. The Bertz CT molecular complexity index is 336. The molecule has 0 aromatic carbocycles. The molecule has 1 aliphatic heterocycles. The molecule has 0 spiro atoms. The molecule has 1 aliphatic rings. The zero-order valence-corrected chi connectivity index (χ0v) is 12.9. The van der Waals surface area contributed by atoms with Gasteiger partial charge >= 0.3 is 12.0 Å². The van der Waals surface area contributed by atoms with Gasteiger partial charge in [-0.05, 0) is 31.6 Å². The third kappa shape index (κ3) is 6.33. The molecule has 3 N–H and O–H groups in total. The molecule has 0 aromatic heterocycles. The van der Waals surface area contributed by atoms with Crippen LogP contribution >= 0.6 is 0 Å². The van der Waals surface area contributed by atoms with E-state index >= 15 is 0 Å². The number of aliphatic hydroxyl groups excluding tert-OH is 1. The molecule has 2 amide bonds. The molecule has 6 nitrogen and oxygen atoms in total. The van der Waals surface area contributed by atoms with Gasteiger partial charge in [0.2, 0.25) is 0 Å². The Morgan fingerprint density at radius 1 is 1.33 bits per heavy atom. The Labute approximate surface area is 126 Å². The van der Waals surface area contributed by atoms with E-state index in [0.717, 1.165) is 32.1 Å². The van der Waals surface area contributed by atoms with Crippen LogP contribution < -0.4 is 5.32 Å². The van der Waals surface area contributed by atoms with Crippen LogP contribution in [0.1, 0.15) is 51.9 Å². The first-order valence-electron chi connectivity index (χ1n) is 7.95. The Kier molecular flexibility index (Phi) is 8.12. The van der Waals surface area contributed by atoms with E-state index in [1.807, 2.05) is 0 Å². The topological polar surface area (TPSA) is 89.9 Å². The SMILES string of the molecule is CCCC(CCNC(=O)N1CCCC1CO)CCC(=O)O. The zero-order valence-electron chi connectivity index (χ0n) is 12.9. The second-order valence-electron chi connectivity index (χ2n) is 5.78. The van der Waals surface area contributed by atoms with Crippen LogP contribution in [0.15, 0.2) is 0 Å². The van der Waals surface area contributed by atoms with E-state index in [1.54, 1.807) is 4.90 Å². The quantitative estimate of drug-likeness (QED) is 0.606. The van der Waals surface area contributed by atoms with Gasteiger partial charge in [0, 0.05) is 19.5 Å². The number of aliphatic hydroxyl groups is 1. The highest BCUT2D eigenvalue weighted by Crippen LogP contribution is 2.18. The number of likely N-dealkylation sites (tertiary alicyclic amines) is 1. The largest absolute Gasteiger partial charge is 0.481 e. The summed E-state index contributed by atoms with van der Waals surface area (Å²) in [5, 5.41) is 20.9. The summed E-state index contributed by atoms with van der Waals surface area (Å²) in [6.07, 6.45) is 5.49. The number of carboxylic acid groups (broad SMARTS) is 1. The van der Waals surface area contributed by atoms with Crippen molar-refractivity contribution in [2.24, 2.45) is 5.92 Å². The number of carbonyl (C=O) groups is 2. The lowest BCUT2D eigenvalue weighted by Gasteiger charge is -2.24. The minimum atomic E-state index is -0.761. The number of amides is 2. The van der Waals surface area contributed by atoms with Crippen molar-refractivity contribution < 1.29 is 19.8 Å². The number of aliphatic carboxylic acids is 1. The number of carboxylic acids is 1. The summed E-state index contributed by atoms with van der Waals surface area (Å²) >= 11 is 0. The highest BCUT2D eigenvalue weighted by atomic mass is 16.4. The van der Waals surface area contributed by atoms with E-state index in [4.69, 9.17) is 5.11 Å². The molecule has 0 aliphatic carbocycles. The number of hydrogen-bond acceptors (Lipinski definition) is 3. The standard InChI is InChI=1S/C15H28N2O4/c1-2-4-12(6-7-14(19)20)8-9-16-15(21)17-10-3-5-13(17)11-18/h12-13,18H,2-11H2,1H3,(H,16,21)(H,19,20). The van der Waals surface area contributed by atoms with Crippen molar-refractivity contribution in [3.63, 3.8) is 0 Å². The van der Waals surface area contributed by atoms with Crippen molar-refractivity contribution in [3.05, 3.63) is 0 Å². The first-order valence-corrected chi connectivity index (χ1v) is 7.95. The Morgan fingerprint density at radius 2 is 2.10 bits per heavy atom. The molecule has 0 saturated carbocycles. The summed E-state index contributed by atoms with van der Waals surface area (Å²) in [6.45, 7) is 3.37. The van der Waals surface area contributed by atoms with E-state index in [9.17, 15) is 14.7 Å². The van der Waals surface area contributed by atoms with Gasteiger partial charge < -0.3 is 20.4 Å². The van der Waals surface area contributed by atoms with Gasteiger partial charge in [-0.3, -0.25) is 4.79 Å². The van der Waals surface area contributed by atoms with Crippen molar-refractivity contribution in [2.45, 2.75) is 57.9 Å². The molecule has 122 valence electrons. The summed E-state index contributed by atoms with van der Waals surface area (Å²) in [4.78, 5) is 24.4. The minimum Gasteiger partial charge on any atom is -0.481 e. The van der Waals surface area contributed by atoms with Crippen LogP contribution in [0.5, 0.6) is 0 Å². The van der Waals surface area contributed by atoms with E-state index in [2.05, 4.69) is 12.2 Å². The number of nitrogens with one attached hydrogen (secondary N) is 1. The lowest BCUT2D eigenvalue weighted by molar-refractivity contribution is -0.137. The molecule has 0 aromatic rings. The Hall–Kier alpha value is -1.30. The van der Waals surface area contributed by atoms with Gasteiger partial charge in [0.1, 0.15) is 0 Å². The molecule has 2 atom stereocenters. The van der Waals surface area contributed by atoms with Crippen molar-refractivity contribution >= 4 is 12.0 Å². The number of nitrogens with zero attached hydrogens (tertiary/aromatic N) is 1. The lowest BCUT2D eigenvalue weighted by atomic mass is 9.94. The summed E-state index contributed by atoms with van der Waals surface area (Å²) in [5.41, 5.74) is 0. The highest BCUT2D eigenvalue weighted by molar-refractivity contribution is 5.74. The molecule has 2 unspecified atom stereocenters. The molecular formula is C15H28N2O4. The van der Waals surface area contributed by atoms with Gasteiger partial charge in [-0.25, -0.2) is 4.79 Å². The second-order valence-corrected chi connectivity index (χ2v) is 5.78. The maximum absolute atomic E-state index is 12.0. The van der Waals surface area contributed by atoms with Crippen LogP contribution in [-0.4, -0.2) is 52.9 Å².